The Morgan fingerprint density at radius 1 is 0.966 bits per heavy atom. The predicted molar refractivity (Wildman–Crippen MR) is 111 cm³/mol. The van der Waals surface area contributed by atoms with Crippen LogP contribution in [0.3, 0.4) is 0 Å². The lowest BCUT2D eigenvalue weighted by Gasteiger charge is -2.18. The summed E-state index contributed by atoms with van der Waals surface area (Å²) in [5.74, 6) is -0.907. The van der Waals surface area contributed by atoms with Crippen LogP contribution in [0.5, 0.6) is 0 Å². The maximum absolute atomic E-state index is 12.5. The van der Waals surface area contributed by atoms with Crippen LogP contribution in [-0.4, -0.2) is 44.9 Å². The van der Waals surface area contributed by atoms with Crippen LogP contribution in [0.25, 0.3) is 0 Å². The average Bonchev–Trinajstić information content (AvgIpc) is 2.69. The zero-order valence-electron chi connectivity index (χ0n) is 17.1. The molecule has 156 valence electrons. The summed E-state index contributed by atoms with van der Waals surface area (Å²) in [6.45, 7) is 8.21. The fourth-order valence-corrected chi connectivity index (χ4v) is 3.79. The number of sulfonamides is 1. The van der Waals surface area contributed by atoms with E-state index in [1.165, 1.54) is 24.3 Å². The Labute approximate surface area is 171 Å². The second kappa shape index (κ2) is 9.56. The molecule has 2 aromatic rings. The molecular weight excluding hydrogens is 392 g/mol. The molecule has 0 fully saturated rings. The van der Waals surface area contributed by atoms with Crippen molar-refractivity contribution < 1.29 is 22.7 Å². The number of ether oxygens (including phenoxy) is 1. The highest BCUT2D eigenvalue weighted by molar-refractivity contribution is 7.92. The number of carbonyl (C=O) groups is 2. The molecule has 0 bridgehead atoms. The second-order valence-electron chi connectivity index (χ2n) is 6.57. The van der Waals surface area contributed by atoms with Gasteiger partial charge in [-0.05, 0) is 75.2 Å². The van der Waals surface area contributed by atoms with Gasteiger partial charge >= 0.3 is 5.97 Å². The minimum absolute atomic E-state index is 0.166. The first kappa shape index (κ1) is 22.4. The first-order chi connectivity index (χ1) is 13.7. The Morgan fingerprint density at radius 3 is 2.14 bits per heavy atom. The minimum atomic E-state index is -3.74. The van der Waals surface area contributed by atoms with Crippen molar-refractivity contribution in [2.75, 3.05) is 24.4 Å². The summed E-state index contributed by atoms with van der Waals surface area (Å²) >= 11 is 0. The Morgan fingerprint density at radius 2 is 1.59 bits per heavy atom. The lowest BCUT2D eigenvalue weighted by molar-refractivity contribution is -0.134. The van der Waals surface area contributed by atoms with Gasteiger partial charge in [-0.15, -0.1) is 0 Å². The van der Waals surface area contributed by atoms with Crippen LogP contribution in [0.4, 0.5) is 5.69 Å². The van der Waals surface area contributed by atoms with Crippen molar-refractivity contribution in [1.82, 2.24) is 4.90 Å². The Bertz CT molecular complexity index is 981. The van der Waals surface area contributed by atoms with Gasteiger partial charge in [-0.25, -0.2) is 13.2 Å². The Kier molecular flexibility index (Phi) is 7.39. The first-order valence-electron chi connectivity index (χ1n) is 9.33. The summed E-state index contributed by atoms with van der Waals surface area (Å²) in [5, 5.41) is 0. The van der Waals surface area contributed by atoms with E-state index in [0.29, 0.717) is 18.8 Å². The summed E-state index contributed by atoms with van der Waals surface area (Å²) in [6.07, 6.45) is 0. The lowest BCUT2D eigenvalue weighted by atomic mass is 10.1. The fourth-order valence-electron chi connectivity index (χ4n) is 2.65. The third kappa shape index (κ3) is 5.80. The van der Waals surface area contributed by atoms with Gasteiger partial charge in [0, 0.05) is 18.8 Å². The normalized spacial score (nSPS) is 11.0. The van der Waals surface area contributed by atoms with Crippen LogP contribution < -0.4 is 4.72 Å². The molecule has 0 unspecified atom stereocenters. The van der Waals surface area contributed by atoms with E-state index in [-0.39, 0.29) is 23.0 Å². The zero-order valence-corrected chi connectivity index (χ0v) is 17.9. The van der Waals surface area contributed by atoms with Crippen LogP contribution in [0.1, 0.15) is 35.3 Å². The quantitative estimate of drug-likeness (QED) is 0.665. The zero-order chi connectivity index (χ0) is 21.6. The third-order valence-electron chi connectivity index (χ3n) is 4.60. The molecule has 0 aromatic heterocycles. The molecule has 2 rings (SSSR count). The maximum atomic E-state index is 12.5. The van der Waals surface area contributed by atoms with Gasteiger partial charge in [0.2, 0.25) is 0 Å². The molecule has 0 radical (unpaired) electrons. The molecule has 2 aromatic carbocycles. The standard InChI is InChI=1S/C21H26N2O5S/c1-5-23(6-2)20(24)14-28-21(25)17-8-10-18(11-9-17)22-29(26,27)19-12-7-15(3)16(4)13-19/h7-13,22H,5-6,14H2,1-4H3. The molecule has 7 nitrogen and oxygen atoms in total. The molecule has 8 heteroatoms. The molecule has 0 aliphatic rings. The van der Waals surface area contributed by atoms with E-state index in [9.17, 15) is 18.0 Å². The van der Waals surface area contributed by atoms with Crippen molar-refractivity contribution in [3.05, 3.63) is 59.2 Å². The van der Waals surface area contributed by atoms with Gasteiger partial charge in [-0.2, -0.15) is 0 Å². The van der Waals surface area contributed by atoms with E-state index >= 15 is 0 Å². The number of likely N-dealkylation sites (N-methyl/N-ethyl adjacent to an activating group) is 1. The maximum Gasteiger partial charge on any atom is 0.338 e. The van der Waals surface area contributed by atoms with E-state index in [1.54, 1.807) is 23.1 Å². The highest BCUT2D eigenvalue weighted by Crippen LogP contribution is 2.19. The predicted octanol–water partition coefficient (Wildman–Crippen LogP) is 3.13. The molecule has 0 aliphatic heterocycles. The van der Waals surface area contributed by atoms with Gasteiger partial charge in [-0.1, -0.05) is 6.07 Å². The molecule has 0 aliphatic carbocycles. The van der Waals surface area contributed by atoms with Crippen molar-refractivity contribution in [1.29, 1.82) is 0 Å². The van der Waals surface area contributed by atoms with Crippen molar-refractivity contribution in [3.63, 3.8) is 0 Å². The average molecular weight is 419 g/mol. The molecule has 0 saturated heterocycles. The molecule has 0 heterocycles. The molecule has 29 heavy (non-hydrogen) atoms. The molecular formula is C21H26N2O5S. The van der Waals surface area contributed by atoms with Gasteiger partial charge in [0.1, 0.15) is 0 Å². The van der Waals surface area contributed by atoms with Crippen LogP contribution >= 0.6 is 0 Å². The van der Waals surface area contributed by atoms with Crippen LogP contribution in [0, 0.1) is 13.8 Å². The highest BCUT2D eigenvalue weighted by atomic mass is 32.2. The number of esters is 1. The summed E-state index contributed by atoms with van der Waals surface area (Å²) in [7, 11) is -3.74. The number of hydrogen-bond donors (Lipinski definition) is 1. The Balaban J connectivity index is 2.03. The summed E-state index contributed by atoms with van der Waals surface area (Å²) in [5.41, 5.74) is 2.43. The number of nitrogens with one attached hydrogen (secondary N) is 1. The van der Waals surface area contributed by atoms with E-state index in [0.717, 1.165) is 11.1 Å². The van der Waals surface area contributed by atoms with Gasteiger partial charge < -0.3 is 9.64 Å². The fraction of sp³-hybridized carbons (Fsp3) is 0.333. The number of benzene rings is 2. The minimum Gasteiger partial charge on any atom is -0.452 e. The van der Waals surface area contributed by atoms with Crippen LogP contribution in [-0.2, 0) is 19.6 Å². The van der Waals surface area contributed by atoms with Crippen LogP contribution in [0.15, 0.2) is 47.4 Å². The highest BCUT2D eigenvalue weighted by Gasteiger charge is 2.17. The van der Waals surface area contributed by atoms with Crippen molar-refractivity contribution in [3.8, 4) is 0 Å². The second-order valence-corrected chi connectivity index (χ2v) is 8.25. The number of hydrogen-bond acceptors (Lipinski definition) is 5. The third-order valence-corrected chi connectivity index (χ3v) is 5.98. The lowest BCUT2D eigenvalue weighted by Crippen LogP contribution is -2.34. The van der Waals surface area contributed by atoms with E-state index in [2.05, 4.69) is 4.72 Å². The van der Waals surface area contributed by atoms with Crippen molar-refractivity contribution in [2.24, 2.45) is 0 Å². The number of anilines is 1. The summed E-state index contributed by atoms with van der Waals surface area (Å²) in [4.78, 5) is 25.7. The molecule has 1 N–H and O–H groups in total. The van der Waals surface area contributed by atoms with Gasteiger partial charge in [-0.3, -0.25) is 9.52 Å². The molecule has 0 saturated carbocycles. The SMILES string of the molecule is CCN(CC)C(=O)COC(=O)c1ccc(NS(=O)(=O)c2ccc(C)c(C)c2)cc1. The Hall–Kier alpha value is -2.87. The molecule has 1 amide bonds. The number of nitrogens with zero attached hydrogens (tertiary/aromatic N) is 1. The monoisotopic (exact) mass is 418 g/mol. The van der Waals surface area contributed by atoms with Crippen molar-refractivity contribution >= 4 is 27.6 Å². The van der Waals surface area contributed by atoms with E-state index < -0.39 is 16.0 Å². The number of rotatable bonds is 8. The topological polar surface area (TPSA) is 92.8 Å². The van der Waals surface area contributed by atoms with Crippen molar-refractivity contribution in [2.45, 2.75) is 32.6 Å². The number of amides is 1. The summed E-state index contributed by atoms with van der Waals surface area (Å²) < 4.78 is 32.6. The number of aryl methyl sites for hydroxylation is 2. The summed E-state index contributed by atoms with van der Waals surface area (Å²) in [6, 6.07) is 10.7. The van der Waals surface area contributed by atoms with E-state index in [4.69, 9.17) is 4.74 Å². The molecule has 0 spiro atoms. The number of carbonyl (C=O) groups excluding carboxylic acids is 2. The van der Waals surface area contributed by atoms with Gasteiger partial charge in [0.25, 0.3) is 15.9 Å². The van der Waals surface area contributed by atoms with Gasteiger partial charge in [0.05, 0.1) is 10.5 Å². The molecule has 0 atom stereocenters. The van der Waals surface area contributed by atoms with Crippen LogP contribution in [0.2, 0.25) is 0 Å². The van der Waals surface area contributed by atoms with Gasteiger partial charge in [0.15, 0.2) is 6.61 Å². The smallest absolute Gasteiger partial charge is 0.338 e. The van der Waals surface area contributed by atoms with E-state index in [1.807, 2.05) is 27.7 Å². The first-order valence-corrected chi connectivity index (χ1v) is 10.8. The largest absolute Gasteiger partial charge is 0.452 e.